The molecular weight excluding hydrogens is 568 g/mol. The Morgan fingerprint density at radius 3 is 2.49 bits per heavy atom. The summed E-state index contributed by atoms with van der Waals surface area (Å²) in [7, 11) is 0. The summed E-state index contributed by atoms with van der Waals surface area (Å²) >= 11 is 11.1. The van der Waals surface area contributed by atoms with Crippen molar-refractivity contribution in [1.82, 2.24) is 9.55 Å². The van der Waals surface area contributed by atoms with Crippen molar-refractivity contribution in [3.8, 4) is 17.1 Å². The van der Waals surface area contributed by atoms with E-state index in [9.17, 15) is 5.11 Å². The minimum absolute atomic E-state index is 0.118. The Labute approximate surface area is 232 Å². The Morgan fingerprint density at radius 2 is 1.76 bits per heavy atom. The van der Waals surface area contributed by atoms with E-state index in [1.807, 2.05) is 46.3 Å². The van der Waals surface area contributed by atoms with E-state index in [0.717, 1.165) is 38.6 Å². The van der Waals surface area contributed by atoms with Crippen LogP contribution in [-0.2, 0) is 11.0 Å². The van der Waals surface area contributed by atoms with Crippen molar-refractivity contribution >= 4 is 60.6 Å². The molecule has 0 radical (unpaired) electrons. The van der Waals surface area contributed by atoms with Crippen molar-refractivity contribution < 1.29 is 5.11 Å². The molecule has 1 unspecified atom stereocenters. The highest BCUT2D eigenvalue weighted by Crippen LogP contribution is 2.55. The molecule has 0 aliphatic carbocycles. The maximum Gasteiger partial charge on any atom is 0.230 e. The molecule has 0 bridgehead atoms. The highest BCUT2D eigenvalue weighted by atomic mass is 79.9. The second-order valence-corrected chi connectivity index (χ2v) is 12.5. The van der Waals surface area contributed by atoms with Gasteiger partial charge in [0.2, 0.25) is 11.0 Å². The van der Waals surface area contributed by atoms with Crippen LogP contribution in [0.15, 0.2) is 86.8 Å². The van der Waals surface area contributed by atoms with Gasteiger partial charge in [-0.3, -0.25) is 0 Å². The average molecular weight is 592 g/mol. The lowest BCUT2D eigenvalue weighted by atomic mass is 9.66. The summed E-state index contributed by atoms with van der Waals surface area (Å²) < 4.78 is 2.95. The molecule has 0 amide bonds. The predicted molar refractivity (Wildman–Crippen MR) is 155 cm³/mol. The van der Waals surface area contributed by atoms with Crippen molar-refractivity contribution in [2.75, 3.05) is 0 Å². The standard InChI is InChI=1S/C29H24BrClN4OS/c1-28(2)16-29(3,18-7-5-4-6-8-18)22-14-19(30)13-21-24(26(36)35(28)25(21)22)33-34-27-32-23(15-37-27)17-9-11-20(31)12-10-17/h4-15,36H,16H2,1-3H3. The summed E-state index contributed by atoms with van der Waals surface area (Å²) in [5.41, 5.74) is 5.00. The SMILES string of the molecule is CC1(c2ccccc2)CC(C)(C)n2c(O)c(N=Nc3nc(-c4ccc(Cl)cc4)cs3)c3cc(Br)cc1c32. The van der Waals surface area contributed by atoms with E-state index < -0.39 is 0 Å². The maximum atomic E-state index is 11.5. The molecule has 37 heavy (non-hydrogen) atoms. The Bertz CT molecular complexity index is 1670. The summed E-state index contributed by atoms with van der Waals surface area (Å²) in [4.78, 5) is 4.62. The maximum absolute atomic E-state index is 11.5. The largest absolute Gasteiger partial charge is 0.493 e. The lowest BCUT2D eigenvalue weighted by Crippen LogP contribution is -2.41. The quantitative estimate of drug-likeness (QED) is 0.211. The molecule has 3 aromatic carbocycles. The molecule has 2 aromatic heterocycles. The Morgan fingerprint density at radius 1 is 1.03 bits per heavy atom. The molecule has 1 aliphatic heterocycles. The van der Waals surface area contributed by atoms with Crippen LogP contribution in [0.25, 0.3) is 22.2 Å². The fourth-order valence-corrected chi connectivity index (χ4v) is 6.95. The summed E-state index contributed by atoms with van der Waals surface area (Å²) in [6, 6.07) is 22.3. The number of nitrogens with zero attached hydrogens (tertiary/aromatic N) is 4. The van der Waals surface area contributed by atoms with Gasteiger partial charge in [-0.15, -0.1) is 21.6 Å². The normalized spacial score (nSPS) is 18.6. The minimum Gasteiger partial charge on any atom is -0.493 e. The third-order valence-electron chi connectivity index (χ3n) is 7.24. The van der Waals surface area contributed by atoms with E-state index in [0.29, 0.717) is 15.8 Å². The molecule has 0 saturated carbocycles. The Balaban J connectivity index is 1.49. The zero-order valence-corrected chi connectivity index (χ0v) is 23.7. The molecule has 186 valence electrons. The van der Waals surface area contributed by atoms with E-state index in [2.05, 4.69) is 82.2 Å². The smallest absolute Gasteiger partial charge is 0.230 e. The van der Waals surface area contributed by atoms with Gasteiger partial charge in [-0.1, -0.05) is 76.9 Å². The monoisotopic (exact) mass is 590 g/mol. The summed E-state index contributed by atoms with van der Waals surface area (Å²) in [6.07, 6.45) is 0.818. The molecule has 1 aliphatic rings. The van der Waals surface area contributed by atoms with Crippen LogP contribution in [0.4, 0.5) is 10.8 Å². The zero-order valence-electron chi connectivity index (χ0n) is 20.5. The molecule has 0 spiro atoms. The Kier molecular flexibility index (Phi) is 5.78. The summed E-state index contributed by atoms with van der Waals surface area (Å²) in [6.45, 7) is 6.62. The molecule has 5 nitrogen and oxygen atoms in total. The van der Waals surface area contributed by atoms with Gasteiger partial charge in [0.25, 0.3) is 0 Å². The number of thiazole rings is 1. The van der Waals surface area contributed by atoms with E-state index >= 15 is 0 Å². The van der Waals surface area contributed by atoms with Gasteiger partial charge in [0, 0.05) is 36.8 Å². The van der Waals surface area contributed by atoms with Crippen molar-refractivity contribution in [3.63, 3.8) is 0 Å². The molecule has 0 fully saturated rings. The van der Waals surface area contributed by atoms with Crippen LogP contribution in [0.3, 0.4) is 0 Å². The van der Waals surface area contributed by atoms with Crippen molar-refractivity contribution in [2.45, 2.75) is 38.1 Å². The number of hydrogen-bond donors (Lipinski definition) is 1. The molecule has 1 N–H and O–H groups in total. The summed E-state index contributed by atoms with van der Waals surface area (Å²) in [5, 5.41) is 24.5. The molecule has 0 saturated heterocycles. The molecule has 8 heteroatoms. The lowest BCUT2D eigenvalue weighted by Gasteiger charge is -2.45. The van der Waals surface area contributed by atoms with E-state index in [1.54, 1.807) is 0 Å². The van der Waals surface area contributed by atoms with Crippen LogP contribution >= 0.6 is 38.9 Å². The minimum atomic E-state index is -0.357. The predicted octanol–water partition coefficient (Wildman–Crippen LogP) is 9.75. The number of halogens is 2. The first-order valence-electron chi connectivity index (χ1n) is 11.9. The third kappa shape index (κ3) is 4.00. The van der Waals surface area contributed by atoms with Gasteiger partial charge in [-0.25, -0.2) is 4.98 Å². The highest BCUT2D eigenvalue weighted by molar-refractivity contribution is 9.10. The third-order valence-corrected chi connectivity index (χ3v) is 8.68. The van der Waals surface area contributed by atoms with Crippen molar-refractivity contribution in [1.29, 1.82) is 0 Å². The zero-order chi connectivity index (χ0) is 25.9. The molecule has 5 aromatic rings. The number of rotatable bonds is 4. The molecule has 1 atom stereocenters. The van der Waals surface area contributed by atoms with Gasteiger partial charge in [0.1, 0.15) is 0 Å². The number of hydrogen-bond acceptors (Lipinski definition) is 5. The number of aromatic hydroxyl groups is 1. The fourth-order valence-electron chi connectivity index (χ4n) is 5.72. The first-order valence-corrected chi connectivity index (χ1v) is 14.0. The second kappa shape index (κ2) is 8.79. The first-order chi connectivity index (χ1) is 17.7. The van der Waals surface area contributed by atoms with Gasteiger partial charge in [0.15, 0.2) is 5.69 Å². The fraction of sp³-hybridized carbons (Fsp3) is 0.207. The average Bonchev–Trinajstić information content (AvgIpc) is 3.45. The van der Waals surface area contributed by atoms with Crippen LogP contribution < -0.4 is 0 Å². The van der Waals surface area contributed by atoms with Crippen molar-refractivity contribution in [2.24, 2.45) is 10.2 Å². The molecule has 3 heterocycles. The van der Waals surface area contributed by atoms with E-state index in [4.69, 9.17) is 11.6 Å². The van der Waals surface area contributed by atoms with Gasteiger partial charge < -0.3 is 9.67 Å². The van der Waals surface area contributed by atoms with Crippen LogP contribution in [0.1, 0.15) is 38.3 Å². The Hall–Kier alpha value is -3.00. The number of benzene rings is 3. The van der Waals surface area contributed by atoms with E-state index in [1.165, 1.54) is 16.9 Å². The van der Waals surface area contributed by atoms with Crippen LogP contribution in [-0.4, -0.2) is 14.7 Å². The number of aromatic nitrogens is 2. The summed E-state index contributed by atoms with van der Waals surface area (Å²) in [5.74, 6) is 0.118. The van der Waals surface area contributed by atoms with Gasteiger partial charge in [-0.05, 0) is 55.7 Å². The second-order valence-electron chi connectivity index (χ2n) is 10.3. The molecule has 6 rings (SSSR count). The highest BCUT2D eigenvalue weighted by Gasteiger charge is 2.45. The van der Waals surface area contributed by atoms with E-state index in [-0.39, 0.29) is 16.8 Å². The topological polar surface area (TPSA) is 62.8 Å². The van der Waals surface area contributed by atoms with Gasteiger partial charge in [-0.2, -0.15) is 0 Å². The molecular formula is C29H24BrClN4OS. The van der Waals surface area contributed by atoms with Crippen LogP contribution in [0, 0.1) is 0 Å². The lowest BCUT2D eigenvalue weighted by molar-refractivity contribution is 0.236. The van der Waals surface area contributed by atoms with Gasteiger partial charge in [0.05, 0.1) is 11.2 Å². The first kappa shape index (κ1) is 24.3. The van der Waals surface area contributed by atoms with Crippen molar-refractivity contribution in [3.05, 3.63) is 92.7 Å². The van der Waals surface area contributed by atoms with Gasteiger partial charge >= 0.3 is 0 Å². The van der Waals surface area contributed by atoms with Crippen LogP contribution in [0.5, 0.6) is 5.88 Å². The number of azo groups is 1. The van der Waals surface area contributed by atoms with Crippen LogP contribution in [0.2, 0.25) is 5.02 Å².